The van der Waals surface area contributed by atoms with E-state index < -0.39 is 0 Å². The molecule has 0 saturated carbocycles. The van der Waals surface area contributed by atoms with Gasteiger partial charge in [0.1, 0.15) is 0 Å². The Hall–Kier alpha value is -1.51. The zero-order valence-electron chi connectivity index (χ0n) is 11.5. The molecule has 1 aliphatic rings. The molecular formula is C15H22N2O. The van der Waals surface area contributed by atoms with Gasteiger partial charge < -0.3 is 9.80 Å². The molecule has 3 heteroatoms. The van der Waals surface area contributed by atoms with E-state index in [1.165, 1.54) is 6.42 Å². The molecule has 1 aromatic rings. The van der Waals surface area contributed by atoms with Gasteiger partial charge in [-0.05, 0) is 43.0 Å². The lowest BCUT2D eigenvalue weighted by molar-refractivity contribution is 0.0683. The second-order valence-corrected chi connectivity index (χ2v) is 5.44. The largest absolute Gasteiger partial charge is 0.378 e. The van der Waals surface area contributed by atoms with Crippen LogP contribution >= 0.6 is 0 Å². The summed E-state index contributed by atoms with van der Waals surface area (Å²) in [5, 5.41) is 0. The van der Waals surface area contributed by atoms with Gasteiger partial charge in [0, 0.05) is 38.4 Å². The standard InChI is InChI=1S/C15H22N2O/c1-12-5-4-10-17(11-12)15(18)13-6-8-14(9-7-13)16(2)3/h6-9,12H,4-5,10-11H2,1-3H3/t12-/m1/s1. The molecule has 3 nitrogen and oxygen atoms in total. The molecule has 0 unspecified atom stereocenters. The number of benzene rings is 1. The van der Waals surface area contributed by atoms with Gasteiger partial charge >= 0.3 is 0 Å². The van der Waals surface area contributed by atoms with E-state index >= 15 is 0 Å². The van der Waals surface area contributed by atoms with Crippen molar-refractivity contribution < 1.29 is 4.79 Å². The van der Waals surface area contributed by atoms with Gasteiger partial charge in [-0.2, -0.15) is 0 Å². The average Bonchev–Trinajstić information content (AvgIpc) is 2.38. The molecule has 1 amide bonds. The van der Waals surface area contributed by atoms with Gasteiger partial charge in [0.05, 0.1) is 0 Å². The maximum Gasteiger partial charge on any atom is 0.253 e. The average molecular weight is 246 g/mol. The summed E-state index contributed by atoms with van der Waals surface area (Å²) in [6.07, 6.45) is 2.37. The fraction of sp³-hybridized carbons (Fsp3) is 0.533. The van der Waals surface area contributed by atoms with Crippen molar-refractivity contribution >= 4 is 11.6 Å². The summed E-state index contributed by atoms with van der Waals surface area (Å²) in [5.74, 6) is 0.801. The minimum Gasteiger partial charge on any atom is -0.378 e. The summed E-state index contributed by atoms with van der Waals surface area (Å²) in [6, 6.07) is 7.86. The van der Waals surface area contributed by atoms with Crippen LogP contribution in [-0.4, -0.2) is 38.0 Å². The summed E-state index contributed by atoms with van der Waals surface area (Å²) < 4.78 is 0. The van der Waals surface area contributed by atoms with Crippen molar-refractivity contribution in [1.29, 1.82) is 0 Å². The molecule has 1 fully saturated rings. The molecule has 0 radical (unpaired) electrons. The minimum absolute atomic E-state index is 0.173. The summed E-state index contributed by atoms with van der Waals surface area (Å²) in [5.41, 5.74) is 1.92. The summed E-state index contributed by atoms with van der Waals surface area (Å²) in [7, 11) is 4.01. The fourth-order valence-corrected chi connectivity index (χ4v) is 2.46. The van der Waals surface area contributed by atoms with Crippen LogP contribution in [0.3, 0.4) is 0 Å². The number of rotatable bonds is 2. The Morgan fingerprint density at radius 3 is 2.50 bits per heavy atom. The predicted octanol–water partition coefficient (Wildman–Crippen LogP) is 2.62. The number of nitrogens with zero attached hydrogens (tertiary/aromatic N) is 2. The number of piperidine rings is 1. The van der Waals surface area contributed by atoms with Crippen LogP contribution < -0.4 is 4.90 Å². The van der Waals surface area contributed by atoms with E-state index in [1.807, 2.05) is 48.2 Å². The monoisotopic (exact) mass is 246 g/mol. The number of carbonyl (C=O) groups is 1. The van der Waals surface area contributed by atoms with Gasteiger partial charge in [0.2, 0.25) is 0 Å². The van der Waals surface area contributed by atoms with Crippen LogP contribution in [0.4, 0.5) is 5.69 Å². The fourth-order valence-electron chi connectivity index (χ4n) is 2.46. The van der Waals surface area contributed by atoms with E-state index in [4.69, 9.17) is 0 Å². The Bertz CT molecular complexity index is 411. The van der Waals surface area contributed by atoms with Crippen LogP contribution in [0.2, 0.25) is 0 Å². The molecule has 1 atom stereocenters. The maximum atomic E-state index is 12.3. The number of carbonyl (C=O) groups excluding carboxylic acids is 1. The van der Waals surface area contributed by atoms with Crippen LogP contribution in [-0.2, 0) is 0 Å². The first-order valence-electron chi connectivity index (χ1n) is 6.64. The third kappa shape index (κ3) is 2.84. The molecule has 2 rings (SSSR count). The highest BCUT2D eigenvalue weighted by atomic mass is 16.2. The van der Waals surface area contributed by atoms with Gasteiger partial charge in [-0.15, -0.1) is 0 Å². The SMILES string of the molecule is C[C@@H]1CCCN(C(=O)c2ccc(N(C)C)cc2)C1. The molecule has 0 spiro atoms. The maximum absolute atomic E-state index is 12.3. The molecule has 1 aromatic carbocycles. The third-order valence-electron chi connectivity index (χ3n) is 3.57. The van der Waals surface area contributed by atoms with Crippen LogP contribution in [0.15, 0.2) is 24.3 Å². The van der Waals surface area contributed by atoms with Gasteiger partial charge in [-0.25, -0.2) is 0 Å². The zero-order valence-corrected chi connectivity index (χ0v) is 11.5. The second-order valence-electron chi connectivity index (χ2n) is 5.44. The van der Waals surface area contributed by atoms with Crippen LogP contribution in [0.5, 0.6) is 0 Å². The Morgan fingerprint density at radius 1 is 1.28 bits per heavy atom. The van der Waals surface area contributed by atoms with Crippen LogP contribution in [0.1, 0.15) is 30.1 Å². The smallest absolute Gasteiger partial charge is 0.253 e. The Morgan fingerprint density at radius 2 is 1.94 bits per heavy atom. The van der Waals surface area contributed by atoms with Crippen molar-refractivity contribution in [2.75, 3.05) is 32.1 Å². The van der Waals surface area contributed by atoms with Crippen LogP contribution in [0, 0.1) is 5.92 Å². The van der Waals surface area contributed by atoms with Crippen molar-refractivity contribution in [3.05, 3.63) is 29.8 Å². The molecule has 1 heterocycles. The van der Waals surface area contributed by atoms with Crippen LogP contribution in [0.25, 0.3) is 0 Å². The molecule has 1 saturated heterocycles. The highest BCUT2D eigenvalue weighted by Gasteiger charge is 2.21. The molecule has 98 valence electrons. The minimum atomic E-state index is 0.173. The number of hydrogen-bond donors (Lipinski definition) is 0. The van der Waals surface area contributed by atoms with Gasteiger partial charge in [0.25, 0.3) is 5.91 Å². The Kier molecular flexibility index (Phi) is 3.90. The van der Waals surface area contributed by atoms with Gasteiger partial charge in [0.15, 0.2) is 0 Å². The van der Waals surface area contributed by atoms with Crippen molar-refractivity contribution in [3.63, 3.8) is 0 Å². The molecule has 0 aromatic heterocycles. The first-order valence-corrected chi connectivity index (χ1v) is 6.64. The summed E-state index contributed by atoms with van der Waals surface area (Å²) >= 11 is 0. The zero-order chi connectivity index (χ0) is 13.1. The number of amides is 1. The summed E-state index contributed by atoms with van der Waals surface area (Å²) in [4.78, 5) is 16.4. The number of hydrogen-bond acceptors (Lipinski definition) is 2. The topological polar surface area (TPSA) is 23.6 Å². The lowest BCUT2D eigenvalue weighted by Gasteiger charge is -2.31. The van der Waals surface area contributed by atoms with Crippen molar-refractivity contribution in [1.82, 2.24) is 4.90 Å². The number of likely N-dealkylation sites (tertiary alicyclic amines) is 1. The van der Waals surface area contributed by atoms with Crippen molar-refractivity contribution in [3.8, 4) is 0 Å². The summed E-state index contributed by atoms with van der Waals surface area (Å²) in [6.45, 7) is 4.02. The van der Waals surface area contributed by atoms with E-state index in [0.717, 1.165) is 30.8 Å². The third-order valence-corrected chi connectivity index (χ3v) is 3.57. The van der Waals surface area contributed by atoms with E-state index in [9.17, 15) is 4.79 Å². The Labute approximate surface area is 109 Å². The molecule has 0 bridgehead atoms. The molecule has 1 aliphatic heterocycles. The van der Waals surface area contributed by atoms with Gasteiger partial charge in [-0.1, -0.05) is 6.92 Å². The van der Waals surface area contributed by atoms with Gasteiger partial charge in [-0.3, -0.25) is 4.79 Å². The van der Waals surface area contributed by atoms with E-state index in [0.29, 0.717) is 5.92 Å². The predicted molar refractivity (Wildman–Crippen MR) is 75.1 cm³/mol. The molecular weight excluding hydrogens is 224 g/mol. The first-order chi connectivity index (χ1) is 8.58. The normalized spacial score (nSPS) is 19.7. The van der Waals surface area contributed by atoms with E-state index in [1.54, 1.807) is 0 Å². The lowest BCUT2D eigenvalue weighted by Crippen LogP contribution is -2.39. The molecule has 18 heavy (non-hydrogen) atoms. The van der Waals surface area contributed by atoms with Crippen molar-refractivity contribution in [2.24, 2.45) is 5.92 Å². The first kappa shape index (κ1) is 12.9. The lowest BCUT2D eigenvalue weighted by atomic mass is 9.99. The van der Waals surface area contributed by atoms with E-state index in [2.05, 4.69) is 6.92 Å². The van der Waals surface area contributed by atoms with Crippen molar-refractivity contribution in [2.45, 2.75) is 19.8 Å². The second kappa shape index (κ2) is 5.42. The highest BCUT2D eigenvalue weighted by molar-refractivity contribution is 5.94. The molecule has 0 N–H and O–H groups in total. The number of anilines is 1. The Balaban J connectivity index is 2.08. The highest BCUT2D eigenvalue weighted by Crippen LogP contribution is 2.19. The molecule has 0 aliphatic carbocycles. The van der Waals surface area contributed by atoms with E-state index in [-0.39, 0.29) is 5.91 Å². The quantitative estimate of drug-likeness (QED) is 0.801.